The van der Waals surface area contributed by atoms with Crippen molar-refractivity contribution in [3.8, 4) is 0 Å². The van der Waals surface area contributed by atoms with Gasteiger partial charge in [0.15, 0.2) is 0 Å². The zero-order valence-electron chi connectivity index (χ0n) is 3.18. The van der Waals surface area contributed by atoms with Gasteiger partial charge in [0.25, 0.3) is 0 Å². The van der Waals surface area contributed by atoms with Crippen LogP contribution in [0.3, 0.4) is 0 Å². The van der Waals surface area contributed by atoms with Gasteiger partial charge in [0.05, 0.1) is 0 Å². The molecule has 0 nitrogen and oxygen atoms in total. The summed E-state index contributed by atoms with van der Waals surface area (Å²) in [5.41, 5.74) is 0. The molecule has 0 spiro atoms. The van der Waals surface area contributed by atoms with E-state index in [-0.39, 0.29) is 0 Å². The van der Waals surface area contributed by atoms with Gasteiger partial charge in [-0.1, -0.05) is 0 Å². The van der Waals surface area contributed by atoms with Crippen LogP contribution in [0.15, 0.2) is 0 Å². The molecule has 0 aromatic carbocycles. The minimum atomic E-state index is 0.880. The summed E-state index contributed by atoms with van der Waals surface area (Å²) >= 11 is 0.880. The van der Waals surface area contributed by atoms with Crippen LogP contribution in [0.25, 0.3) is 0 Å². The van der Waals surface area contributed by atoms with E-state index in [0.29, 0.717) is 0 Å². The molecule has 5 heavy (non-hydrogen) atoms. The van der Waals surface area contributed by atoms with Gasteiger partial charge in [0.2, 0.25) is 0 Å². The molecule has 0 amide bonds. The monoisotopic (exact) mass is 188 g/mol. The zero-order valence-corrected chi connectivity index (χ0v) is 5.20. The Kier molecular flexibility index (Phi) is 2.55. The van der Waals surface area contributed by atoms with Gasteiger partial charge >= 0.3 is 58.8 Å². The van der Waals surface area contributed by atoms with Crippen molar-refractivity contribution in [2.75, 3.05) is 0 Å². The van der Waals surface area contributed by atoms with Gasteiger partial charge in [-0.2, -0.15) is 0 Å². The molecule has 32 valence electrons. The molecular formula is C4H8Xe. The van der Waals surface area contributed by atoms with E-state index in [2.05, 4.69) is 0 Å². The fourth-order valence-corrected chi connectivity index (χ4v) is 2.96. The van der Waals surface area contributed by atoms with Crippen LogP contribution in [0.1, 0.15) is 12.8 Å². The van der Waals surface area contributed by atoms with Crippen LogP contribution in [0.2, 0.25) is 1.78 Å². The van der Waals surface area contributed by atoms with E-state index in [9.17, 15) is 0 Å². The Bertz CT molecular complexity index is 15.2. The summed E-state index contributed by atoms with van der Waals surface area (Å²) in [6, 6.07) is 0. The van der Waals surface area contributed by atoms with E-state index in [1.54, 1.807) is 14.6 Å². The van der Waals surface area contributed by atoms with Crippen molar-refractivity contribution >= 4 is 0 Å². The molecule has 0 aromatic rings. The van der Waals surface area contributed by atoms with E-state index >= 15 is 0 Å². The van der Waals surface area contributed by atoms with Crippen molar-refractivity contribution in [3.05, 3.63) is 0 Å². The quantitative estimate of drug-likeness (QED) is 0.541. The number of hydrogen-bond acceptors (Lipinski definition) is 0. The Hall–Kier alpha value is 1.57. The van der Waals surface area contributed by atoms with E-state index in [4.69, 9.17) is 0 Å². The molecule has 1 aliphatic rings. The first-order valence-corrected chi connectivity index (χ1v) is 4.85. The van der Waals surface area contributed by atoms with E-state index < -0.39 is 0 Å². The summed E-state index contributed by atoms with van der Waals surface area (Å²) in [6.45, 7) is 0. The van der Waals surface area contributed by atoms with Gasteiger partial charge in [-0.05, 0) is 0 Å². The summed E-state index contributed by atoms with van der Waals surface area (Å²) in [7, 11) is 0. The Morgan fingerprint density at radius 1 is 1.00 bits per heavy atom. The van der Waals surface area contributed by atoms with Crippen molar-refractivity contribution in [2.45, 2.75) is 14.6 Å². The molecule has 1 saturated heterocycles. The zero-order chi connectivity index (χ0) is 3.54. The van der Waals surface area contributed by atoms with Crippen molar-refractivity contribution in [3.63, 3.8) is 0 Å². The Balaban J connectivity index is 2.08. The SMILES string of the molecule is C1CC[Xe]C1. The summed E-state index contributed by atoms with van der Waals surface area (Å²) < 4.78 is 3.18. The van der Waals surface area contributed by atoms with Crippen LogP contribution >= 0.6 is 0 Å². The molecule has 0 aliphatic carbocycles. The molecular weight excluding hydrogens is 179 g/mol. The van der Waals surface area contributed by atoms with Crippen LogP contribution in [0.4, 0.5) is 0 Å². The van der Waals surface area contributed by atoms with Gasteiger partial charge in [-0.25, -0.2) is 0 Å². The maximum atomic E-state index is 1.59. The summed E-state index contributed by atoms with van der Waals surface area (Å²) in [5.74, 6) is 0. The molecule has 0 saturated carbocycles. The molecule has 1 fully saturated rings. The second kappa shape index (κ2) is 2.70. The molecule has 0 radical (unpaired) electrons. The van der Waals surface area contributed by atoms with Crippen LogP contribution in [-0.4, -0.2) is 0 Å². The number of rotatable bonds is 0. The fourth-order valence-electron chi connectivity index (χ4n) is 0.442. The van der Waals surface area contributed by atoms with Crippen LogP contribution in [-0.2, 0) is 0 Å². The predicted molar refractivity (Wildman–Crippen MR) is 18.8 cm³/mol. The molecule has 0 bridgehead atoms. The van der Waals surface area contributed by atoms with Gasteiger partial charge in [-0.15, -0.1) is 0 Å². The Morgan fingerprint density at radius 3 is 1.80 bits per heavy atom. The topological polar surface area (TPSA) is 0 Å². The van der Waals surface area contributed by atoms with Gasteiger partial charge < -0.3 is 0 Å². The molecule has 0 aromatic heterocycles. The molecule has 0 unspecified atom stereocenters. The van der Waals surface area contributed by atoms with Gasteiger partial charge in [0.1, 0.15) is 0 Å². The average molecular weight is 187 g/mol. The van der Waals surface area contributed by atoms with E-state index in [0.717, 1.165) is 44.2 Å². The Labute approximate surface area is 57.6 Å². The van der Waals surface area contributed by atoms with Crippen molar-refractivity contribution in [1.29, 1.82) is 0 Å². The van der Waals surface area contributed by atoms with Gasteiger partial charge in [-0.3, -0.25) is 0 Å². The third-order valence-corrected chi connectivity index (χ3v) is 3.60. The van der Waals surface area contributed by atoms with Crippen LogP contribution < -0.4 is 0 Å². The number of hydrogen-bond donors (Lipinski definition) is 0. The van der Waals surface area contributed by atoms with E-state index in [1.165, 1.54) is 0 Å². The molecule has 0 atom stereocenters. The molecule has 1 rings (SSSR count). The summed E-state index contributed by atoms with van der Waals surface area (Å²) in [4.78, 5) is 0. The normalized spacial score (nSPS) is 25.6. The average Bonchev–Trinajstić information content (AvgIpc) is 1.76. The van der Waals surface area contributed by atoms with Crippen molar-refractivity contribution in [2.24, 2.45) is 0 Å². The molecule has 1 heterocycles. The predicted octanol–water partition coefficient (Wildman–Crippen LogP) is 1.70. The summed E-state index contributed by atoms with van der Waals surface area (Å²) in [6.07, 6.45) is 3.08. The second-order valence-corrected chi connectivity index (χ2v) is 4.26. The minimum absolute atomic E-state index is 0.880. The van der Waals surface area contributed by atoms with Crippen molar-refractivity contribution in [1.82, 2.24) is 0 Å². The first kappa shape index (κ1) is 4.72. The summed E-state index contributed by atoms with van der Waals surface area (Å²) in [5, 5.41) is 0. The van der Waals surface area contributed by atoms with Crippen LogP contribution in [0, 0.1) is 44.2 Å². The molecule has 1 heteroatoms. The molecule has 1 aliphatic heterocycles. The third kappa shape index (κ3) is 1.65. The first-order chi connectivity index (χ1) is 2.50. The van der Waals surface area contributed by atoms with Crippen molar-refractivity contribution < 1.29 is 44.2 Å². The first-order valence-electron chi connectivity index (χ1n) is 2.00. The maximum absolute atomic E-state index is 1.59. The third-order valence-electron chi connectivity index (χ3n) is 0.750. The molecule has 0 N–H and O–H groups in total. The second-order valence-electron chi connectivity index (χ2n) is 1.24. The van der Waals surface area contributed by atoms with Crippen LogP contribution in [0.5, 0.6) is 0 Å². The standard InChI is InChI=1S/C4H8Xe/c1-2-4-5-3-1/h1-4H2. The Morgan fingerprint density at radius 2 is 1.60 bits per heavy atom. The van der Waals surface area contributed by atoms with Gasteiger partial charge in [0, 0.05) is 0 Å². The van der Waals surface area contributed by atoms with E-state index in [1.807, 2.05) is 0 Å². The fraction of sp³-hybridized carbons (Fsp3) is 1.00.